The van der Waals surface area contributed by atoms with Gasteiger partial charge < -0.3 is 4.90 Å². The van der Waals surface area contributed by atoms with Crippen LogP contribution in [0.25, 0.3) is 0 Å². The van der Waals surface area contributed by atoms with E-state index in [1.807, 2.05) is 0 Å². The maximum Gasteiger partial charge on any atom is 0.417 e. The lowest BCUT2D eigenvalue weighted by Gasteiger charge is -2.29. The maximum atomic E-state index is 13.3. The van der Waals surface area contributed by atoms with Gasteiger partial charge in [-0.2, -0.15) is 18.4 Å². The van der Waals surface area contributed by atoms with Crippen LogP contribution in [0.5, 0.6) is 0 Å². The molecule has 1 atom stereocenters. The summed E-state index contributed by atoms with van der Waals surface area (Å²) in [4.78, 5) is 38.4. The number of halogens is 4. The van der Waals surface area contributed by atoms with Gasteiger partial charge in [0.2, 0.25) is 0 Å². The fourth-order valence-electron chi connectivity index (χ4n) is 3.22. The first-order valence-corrected chi connectivity index (χ1v) is 8.71. The van der Waals surface area contributed by atoms with E-state index in [0.29, 0.717) is 11.0 Å². The molecular weight excluding hydrogens is 425 g/mol. The van der Waals surface area contributed by atoms with Gasteiger partial charge in [-0.25, -0.2) is 9.69 Å². The van der Waals surface area contributed by atoms with Gasteiger partial charge in [-0.05, 0) is 48.0 Å². The van der Waals surface area contributed by atoms with Crippen LogP contribution in [0.4, 0.5) is 29.3 Å². The standard InChI is InChI=1S/C19H12ClF3N4O3/c1-18(11-4-6-15(25-30)14(20)7-11)16(28)27(17(29)26(18)2)12-5-3-10(9-24)13(8-12)19(21,22)23/h3-8H,1-2H3. The predicted molar refractivity (Wildman–Crippen MR) is 101 cm³/mol. The predicted octanol–water partition coefficient (Wildman–Crippen LogP) is 4.94. The van der Waals surface area contributed by atoms with Gasteiger partial charge in [-0.3, -0.25) is 4.79 Å². The molecule has 1 unspecified atom stereocenters. The maximum absolute atomic E-state index is 13.3. The summed E-state index contributed by atoms with van der Waals surface area (Å²) in [6.45, 7) is 1.40. The van der Waals surface area contributed by atoms with Crippen LogP contribution in [0, 0.1) is 16.2 Å². The molecule has 1 heterocycles. The summed E-state index contributed by atoms with van der Waals surface area (Å²) in [5.74, 6) is -0.823. The highest BCUT2D eigenvalue weighted by Crippen LogP contribution is 2.42. The van der Waals surface area contributed by atoms with Crippen molar-refractivity contribution in [1.82, 2.24) is 4.90 Å². The Labute approximate surface area is 173 Å². The molecule has 2 aromatic carbocycles. The molecule has 30 heavy (non-hydrogen) atoms. The highest BCUT2D eigenvalue weighted by Gasteiger charge is 2.54. The van der Waals surface area contributed by atoms with Crippen LogP contribution in [0.2, 0.25) is 5.02 Å². The number of carbonyl (C=O) groups excluding carboxylic acids is 2. The molecule has 1 aliphatic heterocycles. The number of urea groups is 1. The molecule has 3 rings (SSSR count). The number of hydrogen-bond donors (Lipinski definition) is 0. The lowest BCUT2D eigenvalue weighted by atomic mass is 9.90. The van der Waals surface area contributed by atoms with Gasteiger partial charge >= 0.3 is 12.2 Å². The molecule has 0 aliphatic carbocycles. The van der Waals surface area contributed by atoms with Gasteiger partial charge in [0.05, 0.1) is 27.9 Å². The third-order valence-corrected chi connectivity index (χ3v) is 5.37. The average Bonchev–Trinajstić information content (AvgIpc) is 2.87. The van der Waals surface area contributed by atoms with Gasteiger partial charge in [0.1, 0.15) is 11.2 Å². The van der Waals surface area contributed by atoms with Crippen LogP contribution in [0.1, 0.15) is 23.6 Å². The molecule has 0 aromatic heterocycles. The Balaban J connectivity index is 2.13. The fourth-order valence-corrected chi connectivity index (χ4v) is 3.44. The summed E-state index contributed by atoms with van der Waals surface area (Å²) in [7, 11) is 1.31. The zero-order valence-electron chi connectivity index (χ0n) is 15.5. The van der Waals surface area contributed by atoms with Crippen LogP contribution in [0.15, 0.2) is 41.6 Å². The monoisotopic (exact) mass is 436 g/mol. The molecule has 0 spiro atoms. The summed E-state index contributed by atoms with van der Waals surface area (Å²) in [5.41, 5.74) is -3.65. The van der Waals surface area contributed by atoms with Crippen molar-refractivity contribution in [2.75, 3.05) is 11.9 Å². The Bertz CT molecular complexity index is 1130. The summed E-state index contributed by atoms with van der Waals surface area (Å²) in [5, 5.41) is 11.6. The molecular formula is C19H12ClF3N4O3. The van der Waals surface area contributed by atoms with Crippen molar-refractivity contribution >= 4 is 34.9 Å². The summed E-state index contributed by atoms with van der Waals surface area (Å²) < 4.78 is 39.9. The highest BCUT2D eigenvalue weighted by atomic mass is 35.5. The van der Waals surface area contributed by atoms with Crippen molar-refractivity contribution in [3.05, 3.63) is 63.0 Å². The molecule has 0 saturated carbocycles. The number of nitriles is 1. The Hall–Kier alpha value is -3.45. The number of imide groups is 1. The Morgan fingerprint density at radius 3 is 2.37 bits per heavy atom. The van der Waals surface area contributed by atoms with Gasteiger partial charge in [0.25, 0.3) is 5.91 Å². The fraction of sp³-hybridized carbons (Fsp3) is 0.211. The van der Waals surface area contributed by atoms with Gasteiger partial charge in [0.15, 0.2) is 0 Å². The first-order valence-electron chi connectivity index (χ1n) is 8.34. The zero-order valence-corrected chi connectivity index (χ0v) is 16.2. The van der Waals surface area contributed by atoms with Crippen LogP contribution >= 0.6 is 11.6 Å². The van der Waals surface area contributed by atoms with E-state index in [0.717, 1.165) is 17.0 Å². The van der Waals surface area contributed by atoms with Gasteiger partial charge in [-0.1, -0.05) is 17.7 Å². The summed E-state index contributed by atoms with van der Waals surface area (Å²) in [6.07, 6.45) is -4.85. The molecule has 1 fully saturated rings. The number of nitroso groups, excluding NO2 is 1. The number of nitrogens with zero attached hydrogens (tertiary/aromatic N) is 4. The van der Waals surface area contributed by atoms with E-state index in [2.05, 4.69) is 5.18 Å². The lowest BCUT2D eigenvalue weighted by Crippen LogP contribution is -2.42. The van der Waals surface area contributed by atoms with E-state index in [1.165, 1.54) is 38.2 Å². The average molecular weight is 437 g/mol. The SMILES string of the molecule is CN1C(=O)N(c2ccc(C#N)c(C(F)(F)F)c2)C(=O)C1(C)c1ccc(N=O)c(Cl)c1. The second-order valence-corrected chi connectivity index (χ2v) is 7.06. The Morgan fingerprint density at radius 1 is 1.17 bits per heavy atom. The normalized spacial score (nSPS) is 19.2. The van der Waals surface area contributed by atoms with Crippen molar-refractivity contribution in [2.45, 2.75) is 18.6 Å². The van der Waals surface area contributed by atoms with E-state index >= 15 is 0 Å². The minimum atomic E-state index is -4.85. The van der Waals surface area contributed by atoms with Crippen molar-refractivity contribution in [2.24, 2.45) is 5.18 Å². The first-order chi connectivity index (χ1) is 14.0. The number of amides is 3. The Kier molecular flexibility index (Phi) is 5.04. The topological polar surface area (TPSA) is 93.8 Å². The molecule has 154 valence electrons. The molecule has 0 radical (unpaired) electrons. The molecule has 0 N–H and O–H groups in total. The van der Waals surface area contributed by atoms with E-state index < -0.39 is 34.8 Å². The number of benzene rings is 2. The third-order valence-electron chi connectivity index (χ3n) is 5.06. The smallest absolute Gasteiger partial charge is 0.308 e. The van der Waals surface area contributed by atoms with Crippen molar-refractivity contribution in [3.63, 3.8) is 0 Å². The molecule has 7 nitrogen and oxygen atoms in total. The molecule has 0 bridgehead atoms. The lowest BCUT2D eigenvalue weighted by molar-refractivity contribution is -0.137. The second kappa shape index (κ2) is 7.11. The molecule has 2 aromatic rings. The molecule has 1 saturated heterocycles. The minimum Gasteiger partial charge on any atom is -0.308 e. The summed E-state index contributed by atoms with van der Waals surface area (Å²) >= 11 is 5.98. The van der Waals surface area contributed by atoms with E-state index in [9.17, 15) is 27.7 Å². The molecule has 11 heteroatoms. The van der Waals surface area contributed by atoms with E-state index in [1.54, 1.807) is 0 Å². The number of anilines is 1. The zero-order chi connectivity index (χ0) is 22.4. The van der Waals surface area contributed by atoms with Gasteiger partial charge in [-0.15, -0.1) is 4.91 Å². The quantitative estimate of drug-likeness (QED) is 0.503. The minimum absolute atomic E-state index is 0.0476. The van der Waals surface area contributed by atoms with Crippen molar-refractivity contribution in [3.8, 4) is 6.07 Å². The van der Waals surface area contributed by atoms with E-state index in [-0.39, 0.29) is 22.0 Å². The highest BCUT2D eigenvalue weighted by molar-refractivity contribution is 6.33. The van der Waals surface area contributed by atoms with Crippen molar-refractivity contribution < 1.29 is 22.8 Å². The van der Waals surface area contributed by atoms with Crippen LogP contribution in [-0.4, -0.2) is 23.9 Å². The van der Waals surface area contributed by atoms with Crippen molar-refractivity contribution in [1.29, 1.82) is 5.26 Å². The van der Waals surface area contributed by atoms with Gasteiger partial charge in [0, 0.05) is 7.05 Å². The Morgan fingerprint density at radius 2 is 1.83 bits per heavy atom. The molecule has 1 aliphatic rings. The van der Waals surface area contributed by atoms with Crippen LogP contribution < -0.4 is 4.90 Å². The molecule has 3 amide bonds. The number of carbonyl (C=O) groups is 2. The largest absolute Gasteiger partial charge is 0.417 e. The second-order valence-electron chi connectivity index (χ2n) is 6.65. The summed E-state index contributed by atoms with van der Waals surface area (Å²) in [6, 6.07) is 7.10. The number of likely N-dealkylation sites (N-methyl/N-ethyl adjacent to an activating group) is 1. The van der Waals surface area contributed by atoms with E-state index in [4.69, 9.17) is 16.9 Å². The van der Waals surface area contributed by atoms with Crippen LogP contribution in [-0.2, 0) is 16.5 Å². The number of alkyl halides is 3. The van der Waals surface area contributed by atoms with Crippen LogP contribution in [0.3, 0.4) is 0 Å². The number of hydrogen-bond acceptors (Lipinski definition) is 5. The third kappa shape index (κ3) is 3.07. The number of rotatable bonds is 3. The first kappa shape index (κ1) is 21.3.